The van der Waals surface area contributed by atoms with Crippen molar-refractivity contribution in [2.45, 2.75) is 12.8 Å². The number of ketones is 1. The van der Waals surface area contributed by atoms with Gasteiger partial charge in [0.15, 0.2) is 17.2 Å². The number of nitrogens with one attached hydrogen (secondary N) is 1. The van der Waals surface area contributed by atoms with Gasteiger partial charge in [-0.15, -0.1) is 0 Å². The highest BCUT2D eigenvalue weighted by atomic mass is 32.2. The van der Waals surface area contributed by atoms with Crippen molar-refractivity contribution in [3.05, 3.63) is 54.9 Å². The molecule has 1 aliphatic rings. The van der Waals surface area contributed by atoms with E-state index in [0.717, 1.165) is 16.6 Å². The fourth-order valence-electron chi connectivity index (χ4n) is 4.03. The normalized spacial score (nSPS) is 15.9. The van der Waals surface area contributed by atoms with Gasteiger partial charge in [0.25, 0.3) is 0 Å². The van der Waals surface area contributed by atoms with Crippen LogP contribution in [0.25, 0.3) is 28.1 Å². The molecule has 1 fully saturated rings. The monoisotopic (exact) mass is 451 g/mol. The Bertz CT molecular complexity index is 1380. The summed E-state index contributed by atoms with van der Waals surface area (Å²) >= 11 is 0. The topological polar surface area (TPSA) is 127 Å². The molecule has 4 aromatic rings. The Hall–Kier alpha value is -3.44. The number of Topliss-reactive ketones (excluding diaryl/α,β-unsaturated/α-hetero) is 1. The molecule has 5 rings (SSSR count). The number of rotatable bonds is 5. The van der Waals surface area contributed by atoms with Crippen molar-refractivity contribution in [2.75, 3.05) is 19.3 Å². The predicted octanol–water partition coefficient (Wildman–Crippen LogP) is 2.06. The number of aromatic amines is 1. The second kappa shape index (κ2) is 7.92. The maximum atomic E-state index is 12.8. The summed E-state index contributed by atoms with van der Waals surface area (Å²) in [7, 11) is -3.21. The van der Waals surface area contributed by atoms with Crippen LogP contribution >= 0.6 is 0 Å². The summed E-state index contributed by atoms with van der Waals surface area (Å²) in [5.74, 6) is 0.395. The molecular weight excluding hydrogens is 430 g/mol. The quantitative estimate of drug-likeness (QED) is 0.460. The van der Waals surface area contributed by atoms with Crippen LogP contribution in [0.3, 0.4) is 0 Å². The van der Waals surface area contributed by atoms with Crippen molar-refractivity contribution in [3.63, 3.8) is 0 Å². The van der Waals surface area contributed by atoms with Crippen LogP contribution < -0.4 is 0 Å². The number of carbonyl (C=O) groups excluding carboxylic acids is 1. The average molecular weight is 452 g/mol. The summed E-state index contributed by atoms with van der Waals surface area (Å²) in [6, 6.07) is 5.40. The van der Waals surface area contributed by atoms with E-state index in [-0.39, 0.29) is 11.7 Å². The van der Waals surface area contributed by atoms with Crippen LogP contribution in [0.15, 0.2) is 49.3 Å². The molecule has 0 aromatic carbocycles. The van der Waals surface area contributed by atoms with E-state index in [4.69, 9.17) is 0 Å². The third-order valence-corrected chi connectivity index (χ3v) is 7.08. The summed E-state index contributed by atoms with van der Waals surface area (Å²) < 4.78 is 26.4. The van der Waals surface area contributed by atoms with Gasteiger partial charge in [0.2, 0.25) is 10.0 Å². The van der Waals surface area contributed by atoms with E-state index in [1.165, 1.54) is 10.6 Å². The van der Waals surface area contributed by atoms with Gasteiger partial charge in [0, 0.05) is 54.3 Å². The first kappa shape index (κ1) is 20.5. The Morgan fingerprint density at radius 2 is 1.91 bits per heavy atom. The van der Waals surface area contributed by atoms with Crippen LogP contribution in [-0.2, 0) is 10.0 Å². The van der Waals surface area contributed by atoms with Crippen LogP contribution in [0.2, 0.25) is 0 Å². The highest BCUT2D eigenvalue weighted by molar-refractivity contribution is 7.88. The molecular formula is C21H21N7O3S. The zero-order valence-electron chi connectivity index (χ0n) is 17.3. The Labute approximate surface area is 184 Å². The molecule has 32 heavy (non-hydrogen) atoms. The number of aromatic nitrogens is 6. The minimum Gasteiger partial charge on any atom is -0.343 e. The fraction of sp³-hybridized carbons (Fsp3) is 0.286. The SMILES string of the molecule is CS(=O)(=O)N1CCC(C(=O)c2ccc(-n3cc(-c4ccnc5nc[nH]c45)cn3)nc2)CC1. The number of hydrogen-bond acceptors (Lipinski definition) is 7. The number of fused-ring (bicyclic) bond motifs is 1. The van der Waals surface area contributed by atoms with Crippen LogP contribution in [0.5, 0.6) is 0 Å². The number of piperidine rings is 1. The van der Waals surface area contributed by atoms with Gasteiger partial charge in [0.1, 0.15) is 0 Å². The molecule has 0 spiro atoms. The van der Waals surface area contributed by atoms with E-state index in [1.807, 2.05) is 12.3 Å². The van der Waals surface area contributed by atoms with Crippen molar-refractivity contribution >= 4 is 27.0 Å². The van der Waals surface area contributed by atoms with Gasteiger partial charge in [-0.3, -0.25) is 4.79 Å². The lowest BCUT2D eigenvalue weighted by atomic mass is 9.90. The third-order valence-electron chi connectivity index (χ3n) is 5.78. The molecule has 1 aliphatic heterocycles. The highest BCUT2D eigenvalue weighted by Gasteiger charge is 2.29. The van der Waals surface area contributed by atoms with E-state index in [9.17, 15) is 13.2 Å². The molecule has 0 atom stereocenters. The van der Waals surface area contributed by atoms with Gasteiger partial charge in [-0.05, 0) is 31.0 Å². The summed E-state index contributed by atoms with van der Waals surface area (Å²) in [6.07, 6.45) is 10.7. The second-order valence-corrected chi connectivity index (χ2v) is 9.82. The Morgan fingerprint density at radius 1 is 1.09 bits per heavy atom. The zero-order chi connectivity index (χ0) is 22.3. The zero-order valence-corrected chi connectivity index (χ0v) is 18.2. The second-order valence-electron chi connectivity index (χ2n) is 7.84. The van der Waals surface area contributed by atoms with Crippen LogP contribution in [0.1, 0.15) is 23.2 Å². The van der Waals surface area contributed by atoms with Crippen molar-refractivity contribution in [1.82, 2.24) is 34.0 Å². The molecule has 11 heteroatoms. The van der Waals surface area contributed by atoms with E-state index < -0.39 is 10.0 Å². The first-order valence-electron chi connectivity index (χ1n) is 10.2. The van der Waals surface area contributed by atoms with E-state index >= 15 is 0 Å². The molecule has 10 nitrogen and oxygen atoms in total. The molecule has 0 bridgehead atoms. The molecule has 164 valence electrons. The van der Waals surface area contributed by atoms with Crippen molar-refractivity contribution in [3.8, 4) is 16.9 Å². The van der Waals surface area contributed by atoms with Crippen molar-refractivity contribution in [1.29, 1.82) is 0 Å². The average Bonchev–Trinajstić information content (AvgIpc) is 3.48. The number of H-pyrrole nitrogens is 1. The lowest BCUT2D eigenvalue weighted by Gasteiger charge is -2.29. The van der Waals surface area contributed by atoms with Crippen LogP contribution in [-0.4, -0.2) is 67.6 Å². The summed E-state index contributed by atoms with van der Waals surface area (Å²) in [5, 5.41) is 4.40. The molecule has 4 aromatic heterocycles. The fourth-order valence-corrected chi connectivity index (χ4v) is 4.90. The number of pyridine rings is 2. The maximum absolute atomic E-state index is 12.8. The molecule has 0 radical (unpaired) electrons. The highest BCUT2D eigenvalue weighted by Crippen LogP contribution is 2.26. The molecule has 0 aliphatic carbocycles. The number of sulfonamides is 1. The van der Waals surface area contributed by atoms with Gasteiger partial charge in [-0.1, -0.05) is 0 Å². The largest absolute Gasteiger partial charge is 0.343 e. The molecule has 5 heterocycles. The van der Waals surface area contributed by atoms with Gasteiger partial charge >= 0.3 is 0 Å². The predicted molar refractivity (Wildman–Crippen MR) is 118 cm³/mol. The number of hydrogen-bond donors (Lipinski definition) is 1. The van der Waals surface area contributed by atoms with Gasteiger partial charge < -0.3 is 4.98 Å². The van der Waals surface area contributed by atoms with Crippen LogP contribution in [0.4, 0.5) is 0 Å². The molecule has 0 unspecified atom stereocenters. The van der Waals surface area contributed by atoms with Crippen molar-refractivity contribution < 1.29 is 13.2 Å². The Morgan fingerprint density at radius 3 is 2.62 bits per heavy atom. The summed E-state index contributed by atoms with van der Waals surface area (Å²) in [4.78, 5) is 28.8. The molecule has 0 saturated carbocycles. The molecule has 1 saturated heterocycles. The maximum Gasteiger partial charge on any atom is 0.211 e. The summed E-state index contributed by atoms with van der Waals surface area (Å²) in [6.45, 7) is 0.741. The molecule has 1 N–H and O–H groups in total. The van der Waals surface area contributed by atoms with E-state index in [0.29, 0.717) is 43.0 Å². The number of nitrogens with zero attached hydrogens (tertiary/aromatic N) is 6. The number of carbonyl (C=O) groups is 1. The minimum atomic E-state index is -3.21. The van der Waals surface area contributed by atoms with Crippen LogP contribution in [0, 0.1) is 5.92 Å². The van der Waals surface area contributed by atoms with Gasteiger partial charge in [0.05, 0.1) is 24.3 Å². The smallest absolute Gasteiger partial charge is 0.211 e. The van der Waals surface area contributed by atoms with Crippen molar-refractivity contribution in [2.24, 2.45) is 5.92 Å². The standard InChI is InChI=1S/C21H21N7O3S/c1-32(30,31)27-8-5-14(6-9-27)20(29)15-2-3-18(23-10-15)28-12-16(11-26-28)17-4-7-22-21-19(17)24-13-25-21/h2-4,7,10-14H,5-6,8-9H2,1H3,(H,22,24,25). The Kier molecular flexibility index (Phi) is 5.06. The third kappa shape index (κ3) is 3.80. The lowest BCUT2D eigenvalue weighted by Crippen LogP contribution is -2.39. The van der Waals surface area contributed by atoms with E-state index in [2.05, 4.69) is 25.0 Å². The van der Waals surface area contributed by atoms with E-state index in [1.54, 1.807) is 41.7 Å². The summed E-state index contributed by atoms with van der Waals surface area (Å²) in [5.41, 5.74) is 3.82. The minimum absolute atomic E-state index is 0.00298. The first-order valence-corrected chi connectivity index (χ1v) is 12.0. The number of imidazole rings is 1. The Balaban J connectivity index is 1.31. The van der Waals surface area contributed by atoms with Gasteiger partial charge in [-0.25, -0.2) is 32.4 Å². The first-order chi connectivity index (χ1) is 15.4. The lowest BCUT2D eigenvalue weighted by molar-refractivity contribution is 0.0875. The molecule has 0 amide bonds. The van der Waals surface area contributed by atoms with Gasteiger partial charge in [-0.2, -0.15) is 5.10 Å².